The lowest BCUT2D eigenvalue weighted by Gasteiger charge is -2.43. The zero-order valence-electron chi connectivity index (χ0n) is 33.9. The molecule has 0 saturated heterocycles. The Morgan fingerprint density at radius 1 is 0.944 bits per heavy atom. The number of rotatable bonds is 20. The maximum absolute atomic E-state index is 9.03. The molecule has 2 heterocycles. The van der Waals surface area contributed by atoms with Gasteiger partial charge in [-0.1, -0.05) is 55.3 Å². The lowest BCUT2D eigenvalue weighted by Crippen LogP contribution is -2.38. The molecule has 11 heteroatoms. The number of hydrogen-bond acceptors (Lipinski definition) is 9. The van der Waals surface area contributed by atoms with E-state index in [2.05, 4.69) is 159 Å². The van der Waals surface area contributed by atoms with Gasteiger partial charge in [-0.15, -0.1) is 4.33 Å². The van der Waals surface area contributed by atoms with Gasteiger partial charge >= 0.3 is 0 Å². The normalized spacial score (nSPS) is 18.0. The predicted octanol–water partition coefficient (Wildman–Crippen LogP) is 11.4. The van der Waals surface area contributed by atoms with Crippen molar-refractivity contribution in [2.24, 2.45) is 10.8 Å². The van der Waals surface area contributed by atoms with E-state index in [1.54, 1.807) is 0 Å². The molecule has 4 rings (SSSR count). The van der Waals surface area contributed by atoms with Crippen molar-refractivity contribution in [3.8, 4) is 6.07 Å². The number of nitrogens with zero attached hydrogens (tertiary/aromatic N) is 4. The van der Waals surface area contributed by atoms with Crippen LogP contribution in [0.25, 0.3) is 0 Å². The number of allylic oxidation sites excluding steroid dienone is 6. The van der Waals surface area contributed by atoms with Crippen LogP contribution in [0.5, 0.6) is 0 Å². The minimum atomic E-state index is -1.21. The van der Waals surface area contributed by atoms with Crippen molar-refractivity contribution in [1.29, 1.82) is 5.26 Å². The molecule has 2 aliphatic heterocycles. The summed E-state index contributed by atoms with van der Waals surface area (Å²) in [6.45, 7) is 23.0. The number of benzene rings is 2. The first-order valence-corrected chi connectivity index (χ1v) is 21.3. The van der Waals surface area contributed by atoms with E-state index in [0.29, 0.717) is 31.7 Å². The summed E-state index contributed by atoms with van der Waals surface area (Å²) in [6.07, 6.45) is 16.4. The van der Waals surface area contributed by atoms with Gasteiger partial charge in [-0.3, -0.25) is 0 Å². The Morgan fingerprint density at radius 2 is 1.67 bits per heavy atom. The van der Waals surface area contributed by atoms with Gasteiger partial charge in [-0.25, -0.2) is 9.93 Å². The van der Waals surface area contributed by atoms with Crippen LogP contribution in [0.15, 0.2) is 83.4 Å². The molecule has 1 N–H and O–H groups in total. The van der Waals surface area contributed by atoms with E-state index < -0.39 is 8.53 Å². The van der Waals surface area contributed by atoms with Crippen molar-refractivity contribution in [3.63, 3.8) is 0 Å². The van der Waals surface area contributed by atoms with Crippen LogP contribution in [0.4, 0.5) is 11.4 Å². The summed E-state index contributed by atoms with van der Waals surface area (Å²) in [7, 11) is -1.21. The molecule has 54 heavy (non-hydrogen) atoms. The van der Waals surface area contributed by atoms with Gasteiger partial charge in [-0.05, 0) is 104 Å². The fourth-order valence-electron chi connectivity index (χ4n) is 7.70. The molecule has 0 aliphatic carbocycles. The number of fused-ring (bicyclic) bond motifs is 2. The Hall–Kier alpha value is -2.84. The molecule has 2 aromatic carbocycles. The number of hydrogen-bond donors (Lipinski definition) is 1. The highest BCUT2D eigenvalue weighted by Crippen LogP contribution is 2.47. The molecule has 2 aromatic rings. The molecule has 0 spiro atoms. The molecular weight excluding hydrogens is 716 g/mol. The Balaban J connectivity index is 1.48. The van der Waals surface area contributed by atoms with E-state index in [1.807, 2.05) is 6.07 Å². The average Bonchev–Trinajstić information content (AvgIpc) is 3.11. The molecule has 294 valence electrons. The van der Waals surface area contributed by atoms with Crippen molar-refractivity contribution in [2.45, 2.75) is 118 Å². The minimum absolute atomic E-state index is 0.0203. The lowest BCUT2D eigenvalue weighted by atomic mass is 9.77. The highest BCUT2D eigenvalue weighted by Gasteiger charge is 2.39. The van der Waals surface area contributed by atoms with Crippen molar-refractivity contribution in [2.75, 3.05) is 31.2 Å². The fraction of sp³-hybridized carbons (Fsp3) is 0.535. The van der Waals surface area contributed by atoms with Crippen molar-refractivity contribution < 1.29 is 28.3 Å². The van der Waals surface area contributed by atoms with Crippen LogP contribution >= 0.6 is 20.6 Å². The molecule has 9 nitrogen and oxygen atoms in total. The summed E-state index contributed by atoms with van der Waals surface area (Å²) in [5.41, 5.74) is 7.65. The predicted molar refractivity (Wildman–Crippen MR) is 223 cm³/mol. The molecule has 0 fully saturated rings. The molecule has 0 amide bonds. The Labute approximate surface area is 330 Å². The second-order valence-electron chi connectivity index (χ2n) is 15.8. The molecule has 0 aromatic heterocycles. The maximum atomic E-state index is 9.03. The van der Waals surface area contributed by atoms with Crippen molar-refractivity contribution >= 4 is 37.7 Å². The van der Waals surface area contributed by atoms with E-state index in [1.165, 1.54) is 33.9 Å². The smallest absolute Gasteiger partial charge is 0.259 e. The second-order valence-corrected chi connectivity index (χ2v) is 18.0. The Kier molecular flexibility index (Phi) is 17.0. The van der Waals surface area contributed by atoms with Gasteiger partial charge in [0.05, 0.1) is 43.2 Å². The van der Waals surface area contributed by atoms with Gasteiger partial charge < -0.3 is 13.9 Å². The monoisotopic (exact) mass is 777 g/mol. The van der Waals surface area contributed by atoms with Crippen LogP contribution in [0, 0.1) is 22.2 Å². The summed E-state index contributed by atoms with van der Waals surface area (Å²) in [5.74, 6) is 0. The van der Waals surface area contributed by atoms with Crippen LogP contribution < -0.4 is 4.90 Å². The summed E-state index contributed by atoms with van der Waals surface area (Å²) in [5, 5.41) is 21.4. The van der Waals surface area contributed by atoms with E-state index >= 15 is 0 Å². The number of anilines is 1. The topological polar surface area (TPSA) is 90.4 Å². The lowest BCUT2D eigenvalue weighted by molar-refractivity contribution is -0.448. The Morgan fingerprint density at radius 3 is 2.37 bits per heavy atom. The Bertz CT molecular complexity index is 1690. The molecule has 2 aliphatic rings. The van der Waals surface area contributed by atoms with E-state index in [-0.39, 0.29) is 10.8 Å². The average molecular weight is 778 g/mol. The molecule has 0 saturated carbocycles. The van der Waals surface area contributed by atoms with Crippen LogP contribution in [-0.2, 0) is 31.3 Å². The standard InChI is InChI=1S/C43H61N4O5PS/c1-10-45-39-25-24-37(54-52-51-48)30-36(39)32-43(8,9)40(45)22-13-11-14-23-41-42(6,7)31-35-20-15-16-21-38(35)46(41)27-17-12-18-28-49-53(50-29-19-26-44)47(33(2)3)34(4)5/h11,13-16,20-25,30,33-34H,10,12,17-19,27-29,31-32H2,1-9H3/p+1. The molecule has 1 unspecified atom stereocenters. The number of unbranched alkanes of at least 4 members (excludes halogenated alkanes) is 2. The van der Waals surface area contributed by atoms with Crippen LogP contribution in [0.2, 0.25) is 0 Å². The van der Waals surface area contributed by atoms with Gasteiger partial charge in [0.15, 0.2) is 5.71 Å². The maximum Gasteiger partial charge on any atom is 0.259 e. The number of nitriles is 1. The van der Waals surface area contributed by atoms with Gasteiger partial charge in [0.2, 0.25) is 5.69 Å². The van der Waals surface area contributed by atoms with Crippen LogP contribution in [-0.4, -0.2) is 58.6 Å². The molecule has 1 atom stereocenters. The third kappa shape index (κ3) is 11.6. The van der Waals surface area contributed by atoms with E-state index in [0.717, 1.165) is 62.1 Å². The first kappa shape index (κ1) is 43.9. The summed E-state index contributed by atoms with van der Waals surface area (Å²) >= 11 is 0.996. The quantitative estimate of drug-likeness (QED) is 0.0268. The zero-order valence-corrected chi connectivity index (χ0v) is 35.6. The highest BCUT2D eigenvalue weighted by molar-refractivity contribution is 7.94. The van der Waals surface area contributed by atoms with E-state index in [9.17, 15) is 0 Å². The summed E-state index contributed by atoms with van der Waals surface area (Å²) in [4.78, 5) is 3.27. The van der Waals surface area contributed by atoms with Gasteiger partial charge in [0, 0.05) is 64.4 Å². The third-order valence-electron chi connectivity index (χ3n) is 9.95. The zero-order chi connectivity index (χ0) is 39.3. The van der Waals surface area contributed by atoms with Crippen molar-refractivity contribution in [1.82, 2.24) is 4.67 Å². The second kappa shape index (κ2) is 20.9. The van der Waals surface area contributed by atoms with Gasteiger partial charge in [0.1, 0.15) is 6.54 Å². The van der Waals surface area contributed by atoms with Crippen LogP contribution in [0.1, 0.15) is 99.1 Å². The molecule has 0 radical (unpaired) electrons. The third-order valence-corrected chi connectivity index (χ3v) is 12.6. The first-order chi connectivity index (χ1) is 25.8. The summed E-state index contributed by atoms with van der Waals surface area (Å²) in [6, 6.07) is 17.8. The molecule has 0 bridgehead atoms. The van der Waals surface area contributed by atoms with E-state index in [4.69, 9.17) is 19.6 Å². The minimum Gasteiger partial charge on any atom is -0.345 e. The SMILES string of the molecule is CCN1C(=CC=CC=CC2=[N+](CCCCCOP(OCCC#N)N(C(C)C)C(C)C)c3ccccc3CC2(C)C)C(C)(C)Cc2cc(SOOO)ccc21. The van der Waals surface area contributed by atoms with Crippen LogP contribution in [0.3, 0.4) is 0 Å². The van der Waals surface area contributed by atoms with Gasteiger partial charge in [0.25, 0.3) is 8.53 Å². The largest absolute Gasteiger partial charge is 0.345 e. The highest BCUT2D eigenvalue weighted by atomic mass is 32.2. The van der Waals surface area contributed by atoms with Crippen molar-refractivity contribution in [3.05, 3.63) is 89.7 Å². The first-order valence-electron chi connectivity index (χ1n) is 19.4. The van der Waals surface area contributed by atoms with Gasteiger partial charge in [-0.2, -0.15) is 9.84 Å². The molecular formula is C43H62N4O5PS+. The number of para-hydroxylation sites is 1. The summed E-state index contributed by atoms with van der Waals surface area (Å²) < 4.78 is 21.9. The fourth-order valence-corrected chi connectivity index (χ4v) is 9.75.